The number of hydrogen-bond donors (Lipinski definition) is 20. The largest absolute Gasteiger partial charge is 0.504 e. The maximum Gasteiger partial charge on any atom is 0.343 e. The number of benzene rings is 8. The highest BCUT2D eigenvalue weighted by Crippen LogP contribution is 2.42. The van der Waals surface area contributed by atoms with Crippen LogP contribution in [0.25, 0.3) is 0 Å². The normalized spacial score (nSPS) is 12.3. The third kappa shape index (κ3) is 18.3. The van der Waals surface area contributed by atoms with E-state index in [1.54, 1.807) is 24.3 Å². The van der Waals surface area contributed by atoms with Crippen molar-refractivity contribution in [1.82, 2.24) is 0 Å². The summed E-state index contributed by atoms with van der Waals surface area (Å²) in [5.74, 6) is -16.9. The zero-order chi connectivity index (χ0) is 70.2. The molecule has 96 heavy (non-hydrogen) atoms. The summed E-state index contributed by atoms with van der Waals surface area (Å²) in [5, 5.41) is 197. The zero-order valence-corrected chi connectivity index (χ0v) is 50.6. The number of esters is 4. The lowest BCUT2D eigenvalue weighted by Crippen LogP contribution is -2.23. The third-order valence-corrected chi connectivity index (χ3v) is 15.4. The Morgan fingerprint density at radius 3 is 0.646 bits per heavy atom. The van der Waals surface area contributed by atoms with Crippen molar-refractivity contribution >= 4 is 23.9 Å². The fraction of sp³-hybridized carbons (Fsp3) is 0.235. The molecular weight excluding hydrogens is 1260 g/mol. The summed E-state index contributed by atoms with van der Waals surface area (Å²) < 4.78 is 20.7. The molecule has 28 nitrogen and oxygen atoms in total. The van der Waals surface area contributed by atoms with Crippen molar-refractivity contribution in [1.29, 1.82) is 0 Å². The summed E-state index contributed by atoms with van der Waals surface area (Å²) in [7, 11) is 0. The van der Waals surface area contributed by atoms with Crippen molar-refractivity contribution in [3.8, 4) is 115 Å². The number of phenols is 16. The molecule has 4 atom stereocenters. The van der Waals surface area contributed by atoms with E-state index in [-0.39, 0.29) is 120 Å². The molecule has 0 unspecified atom stereocenters. The van der Waals surface area contributed by atoms with Crippen LogP contribution in [0.2, 0.25) is 0 Å². The first-order valence-corrected chi connectivity index (χ1v) is 29.2. The SMILES string of the molecule is O=C(Oc1ccc(C[C@@H](CO)[C@H](CCCO)Cc2ccc(OC(=O)c3cc(O)c(O)c(O)c3)c(O)c2)cc1O)c1cc(O)c(O)c(O)c1.O=C(Oc1ccc(C[C@H](CO)[C@@H](CCCO)Cc2ccc(OC(=O)c3cc(O)c(O)c(O)c3)c(O)c2)cc1O)c1cc(O)c(O)c(O)c1. The van der Waals surface area contributed by atoms with Crippen molar-refractivity contribution in [2.75, 3.05) is 26.4 Å². The highest BCUT2D eigenvalue weighted by Gasteiger charge is 2.28. The molecule has 8 aromatic rings. The third-order valence-electron chi connectivity index (χ3n) is 15.4. The van der Waals surface area contributed by atoms with Crippen LogP contribution < -0.4 is 18.9 Å². The minimum Gasteiger partial charge on any atom is -0.504 e. The lowest BCUT2D eigenvalue weighted by atomic mass is 9.80. The molecule has 0 fully saturated rings. The second-order valence-corrected chi connectivity index (χ2v) is 22.2. The quantitative estimate of drug-likeness (QED) is 0.0146. The number of carbonyl (C=O) groups excluding carboxylic acids is 4. The maximum atomic E-state index is 12.5. The Hall–Kier alpha value is -11.7. The Labute approximate surface area is 544 Å². The molecule has 0 amide bonds. The summed E-state index contributed by atoms with van der Waals surface area (Å²) >= 11 is 0. The average Bonchev–Trinajstić information content (AvgIpc) is 0.868. The topological polar surface area (TPSA) is 510 Å². The van der Waals surface area contributed by atoms with Crippen molar-refractivity contribution < 1.29 is 140 Å². The van der Waals surface area contributed by atoms with Gasteiger partial charge in [-0.3, -0.25) is 0 Å². The van der Waals surface area contributed by atoms with E-state index >= 15 is 0 Å². The van der Waals surface area contributed by atoms with E-state index in [4.69, 9.17) is 18.9 Å². The molecule has 0 bridgehead atoms. The molecule has 8 aromatic carbocycles. The van der Waals surface area contributed by atoms with Crippen LogP contribution in [0.15, 0.2) is 121 Å². The summed E-state index contributed by atoms with van der Waals surface area (Å²) in [6.07, 6.45) is 3.00. The number of carbonyl (C=O) groups is 4. The monoisotopic (exact) mass is 1330 g/mol. The highest BCUT2D eigenvalue weighted by atomic mass is 16.6. The van der Waals surface area contributed by atoms with Gasteiger partial charge < -0.3 is 121 Å². The predicted molar refractivity (Wildman–Crippen MR) is 334 cm³/mol. The highest BCUT2D eigenvalue weighted by molar-refractivity contribution is 5.95. The first-order valence-electron chi connectivity index (χ1n) is 29.2. The second kappa shape index (κ2) is 32.2. The van der Waals surface area contributed by atoms with Crippen LogP contribution in [0.1, 0.15) is 89.4 Å². The summed E-state index contributed by atoms with van der Waals surface area (Å²) in [4.78, 5) is 50.0. The van der Waals surface area contributed by atoms with Crippen LogP contribution >= 0.6 is 0 Å². The van der Waals surface area contributed by atoms with E-state index < -0.39 is 104 Å². The van der Waals surface area contributed by atoms with Crippen LogP contribution in [0.5, 0.6) is 115 Å². The van der Waals surface area contributed by atoms with Crippen molar-refractivity contribution in [3.05, 3.63) is 166 Å². The molecule has 0 aliphatic heterocycles. The van der Waals surface area contributed by atoms with Crippen LogP contribution in [0.3, 0.4) is 0 Å². The molecular formula is C68H68O28. The Morgan fingerprint density at radius 2 is 0.469 bits per heavy atom. The van der Waals surface area contributed by atoms with E-state index in [0.29, 0.717) is 60.8 Å². The van der Waals surface area contributed by atoms with Gasteiger partial charge in [-0.05, 0) is 194 Å². The summed E-state index contributed by atoms with van der Waals surface area (Å²) in [6, 6.07) is 24.2. The van der Waals surface area contributed by atoms with Gasteiger partial charge in [-0.25, -0.2) is 19.2 Å². The van der Waals surface area contributed by atoms with Gasteiger partial charge >= 0.3 is 23.9 Å². The Bertz CT molecular complexity index is 3770. The molecule has 8 rings (SSSR count). The number of ether oxygens (including phenoxy) is 4. The van der Waals surface area contributed by atoms with Gasteiger partial charge in [0.05, 0.1) is 22.3 Å². The van der Waals surface area contributed by atoms with Crippen molar-refractivity contribution in [3.63, 3.8) is 0 Å². The summed E-state index contributed by atoms with van der Waals surface area (Å²) in [5.41, 5.74) is 1.26. The van der Waals surface area contributed by atoms with E-state index in [9.17, 15) is 121 Å². The van der Waals surface area contributed by atoms with E-state index in [1.165, 1.54) is 48.5 Å². The standard InChI is InChI=1S/2C34H34O14/c2*35-7-1-2-19(8-17-3-5-29(23(37)10-17)47-33(45)20-12-25(39)31(43)26(40)13-20)22(16-36)9-18-4-6-30(24(38)11-18)48-34(46)21-14-27(41)32(44)28(42)15-21/h2*3-6,10-15,19,22,35-44H,1-2,7-9,16H2/t2*19-,22+/m10/s1. The number of aromatic hydroxyl groups is 16. The summed E-state index contributed by atoms with van der Waals surface area (Å²) in [6.45, 7) is -0.742. The predicted octanol–water partition coefficient (Wildman–Crippen LogP) is 7.10. The minimum absolute atomic E-state index is 0.103. The van der Waals surface area contributed by atoms with Crippen LogP contribution in [0, 0.1) is 23.7 Å². The van der Waals surface area contributed by atoms with Gasteiger partial charge in [-0.15, -0.1) is 0 Å². The Kier molecular flexibility index (Phi) is 24.1. The van der Waals surface area contributed by atoms with Crippen LogP contribution in [-0.4, -0.2) is 152 Å². The van der Waals surface area contributed by atoms with E-state index in [0.717, 1.165) is 48.5 Å². The van der Waals surface area contributed by atoms with E-state index in [1.807, 2.05) is 0 Å². The van der Waals surface area contributed by atoms with Crippen molar-refractivity contribution in [2.24, 2.45) is 23.7 Å². The number of phenolic OH excluding ortho intramolecular Hbond substituents is 16. The molecule has 0 radical (unpaired) electrons. The lowest BCUT2D eigenvalue weighted by molar-refractivity contribution is 0.0720. The fourth-order valence-corrected chi connectivity index (χ4v) is 10.3. The Morgan fingerprint density at radius 1 is 0.271 bits per heavy atom. The van der Waals surface area contributed by atoms with Gasteiger partial charge in [-0.1, -0.05) is 24.3 Å². The Balaban J connectivity index is 0.000000271. The maximum absolute atomic E-state index is 12.5. The average molecular weight is 1330 g/mol. The molecule has 508 valence electrons. The molecule has 0 aliphatic rings. The van der Waals surface area contributed by atoms with Gasteiger partial charge in [0.2, 0.25) is 0 Å². The van der Waals surface area contributed by atoms with Gasteiger partial charge in [0, 0.05) is 26.4 Å². The van der Waals surface area contributed by atoms with Crippen molar-refractivity contribution in [2.45, 2.75) is 51.4 Å². The number of rotatable bonds is 26. The minimum atomic E-state index is -1.02. The molecule has 0 aromatic heterocycles. The zero-order valence-electron chi connectivity index (χ0n) is 50.6. The fourth-order valence-electron chi connectivity index (χ4n) is 10.3. The first-order chi connectivity index (χ1) is 45.6. The van der Waals surface area contributed by atoms with Crippen LogP contribution in [0.4, 0.5) is 0 Å². The molecule has 20 N–H and O–H groups in total. The second-order valence-electron chi connectivity index (χ2n) is 22.2. The molecule has 0 saturated heterocycles. The molecule has 28 heteroatoms. The van der Waals surface area contributed by atoms with Gasteiger partial charge in [0.1, 0.15) is 0 Å². The molecule has 0 saturated carbocycles. The molecule has 0 heterocycles. The smallest absolute Gasteiger partial charge is 0.343 e. The number of hydrogen-bond acceptors (Lipinski definition) is 28. The molecule has 0 aliphatic carbocycles. The van der Waals surface area contributed by atoms with Crippen LogP contribution in [-0.2, 0) is 25.7 Å². The number of aliphatic hydroxyl groups is 4. The van der Waals surface area contributed by atoms with Gasteiger partial charge in [0.15, 0.2) is 115 Å². The van der Waals surface area contributed by atoms with Gasteiger partial charge in [-0.2, -0.15) is 0 Å². The lowest BCUT2D eigenvalue weighted by Gasteiger charge is -2.26. The number of aliphatic hydroxyl groups excluding tert-OH is 4. The molecule has 0 spiro atoms. The van der Waals surface area contributed by atoms with E-state index in [2.05, 4.69) is 0 Å². The van der Waals surface area contributed by atoms with Gasteiger partial charge in [0.25, 0.3) is 0 Å². The first kappa shape index (κ1) is 71.7.